The van der Waals surface area contributed by atoms with Gasteiger partial charge in [-0.25, -0.2) is 9.78 Å². The standard InChI is InChI=1S/C14H11F3N4O2/c1-21-6-5-18-12(21)11(14(15,16)17)23-13(22)9-4-2-3-8-7-19-20-10(8)9/h2-7,11H,1H3,(H,19,20). The van der Waals surface area contributed by atoms with E-state index in [9.17, 15) is 18.0 Å². The predicted octanol–water partition coefficient (Wildman–Crippen LogP) is 2.76. The van der Waals surface area contributed by atoms with Crippen LogP contribution in [0.25, 0.3) is 10.9 Å². The molecule has 1 N–H and O–H groups in total. The number of aromatic nitrogens is 4. The number of aryl methyl sites for hydroxylation is 1. The van der Waals surface area contributed by atoms with Gasteiger partial charge in [0.05, 0.1) is 17.3 Å². The van der Waals surface area contributed by atoms with Crippen molar-refractivity contribution in [1.29, 1.82) is 0 Å². The minimum atomic E-state index is -4.78. The van der Waals surface area contributed by atoms with E-state index in [-0.39, 0.29) is 5.56 Å². The fourth-order valence-corrected chi connectivity index (χ4v) is 2.21. The van der Waals surface area contributed by atoms with Crippen LogP contribution in [0.3, 0.4) is 0 Å². The number of carbonyl (C=O) groups excluding carboxylic acids is 1. The number of fused-ring (bicyclic) bond motifs is 1. The van der Waals surface area contributed by atoms with Crippen molar-refractivity contribution in [2.75, 3.05) is 0 Å². The van der Waals surface area contributed by atoms with Gasteiger partial charge in [-0.3, -0.25) is 5.10 Å². The number of alkyl halides is 3. The van der Waals surface area contributed by atoms with Gasteiger partial charge in [0.25, 0.3) is 6.10 Å². The zero-order valence-corrected chi connectivity index (χ0v) is 11.8. The third-order valence-electron chi connectivity index (χ3n) is 3.31. The number of nitrogens with zero attached hydrogens (tertiary/aromatic N) is 3. The molecular formula is C14H11F3N4O2. The summed E-state index contributed by atoms with van der Waals surface area (Å²) in [5.74, 6) is -1.51. The van der Waals surface area contributed by atoms with Crippen LogP contribution >= 0.6 is 0 Å². The van der Waals surface area contributed by atoms with Crippen molar-refractivity contribution in [3.63, 3.8) is 0 Å². The maximum absolute atomic E-state index is 13.2. The van der Waals surface area contributed by atoms with Crippen LogP contribution in [0.5, 0.6) is 0 Å². The third kappa shape index (κ3) is 2.77. The number of hydrogen-bond acceptors (Lipinski definition) is 4. The van der Waals surface area contributed by atoms with Gasteiger partial charge in [-0.05, 0) is 6.07 Å². The maximum atomic E-state index is 13.2. The number of para-hydroxylation sites is 1. The summed E-state index contributed by atoms with van der Waals surface area (Å²) in [5.41, 5.74) is 0.293. The van der Waals surface area contributed by atoms with E-state index >= 15 is 0 Å². The van der Waals surface area contributed by atoms with Gasteiger partial charge in [-0.15, -0.1) is 0 Å². The van der Waals surface area contributed by atoms with Crippen LogP contribution < -0.4 is 0 Å². The van der Waals surface area contributed by atoms with Gasteiger partial charge < -0.3 is 9.30 Å². The second kappa shape index (κ2) is 5.41. The molecule has 0 bridgehead atoms. The number of aromatic amines is 1. The molecule has 1 atom stereocenters. The number of benzene rings is 1. The zero-order chi connectivity index (χ0) is 16.6. The molecule has 23 heavy (non-hydrogen) atoms. The van der Waals surface area contributed by atoms with Crippen molar-refractivity contribution in [3.05, 3.63) is 48.2 Å². The number of nitrogens with one attached hydrogen (secondary N) is 1. The van der Waals surface area contributed by atoms with Gasteiger partial charge in [0.15, 0.2) is 5.82 Å². The maximum Gasteiger partial charge on any atom is 0.432 e. The van der Waals surface area contributed by atoms with Gasteiger partial charge in [0.1, 0.15) is 0 Å². The quantitative estimate of drug-likeness (QED) is 0.752. The van der Waals surface area contributed by atoms with E-state index in [0.717, 1.165) is 4.57 Å². The van der Waals surface area contributed by atoms with Crippen molar-refractivity contribution >= 4 is 16.9 Å². The Morgan fingerprint density at radius 3 is 2.83 bits per heavy atom. The minimum absolute atomic E-state index is 0.0246. The van der Waals surface area contributed by atoms with Crippen LogP contribution in [0.2, 0.25) is 0 Å². The van der Waals surface area contributed by atoms with Crippen LogP contribution in [0.1, 0.15) is 22.3 Å². The van der Waals surface area contributed by atoms with Gasteiger partial charge >= 0.3 is 12.1 Å². The minimum Gasteiger partial charge on any atom is -0.441 e. The molecule has 0 amide bonds. The van der Waals surface area contributed by atoms with Crippen LogP contribution in [-0.4, -0.2) is 31.9 Å². The van der Waals surface area contributed by atoms with E-state index in [1.54, 1.807) is 6.07 Å². The number of halogens is 3. The highest BCUT2D eigenvalue weighted by Crippen LogP contribution is 2.35. The molecule has 0 saturated carbocycles. The first kappa shape index (κ1) is 15.1. The Bertz CT molecular complexity index is 853. The molecule has 2 heterocycles. The number of imidazole rings is 1. The number of hydrogen-bond donors (Lipinski definition) is 1. The number of esters is 1. The average molecular weight is 324 g/mol. The first-order valence-corrected chi connectivity index (χ1v) is 6.55. The largest absolute Gasteiger partial charge is 0.441 e. The Labute approximate surface area is 127 Å². The van der Waals surface area contributed by atoms with E-state index in [1.807, 2.05) is 0 Å². The van der Waals surface area contributed by atoms with Crippen LogP contribution in [0.4, 0.5) is 13.2 Å². The SMILES string of the molecule is Cn1ccnc1C(OC(=O)c1cccc2cn[nH]c12)C(F)(F)F. The van der Waals surface area contributed by atoms with Crippen LogP contribution in [0, 0.1) is 0 Å². The molecule has 3 rings (SSSR count). The van der Waals surface area contributed by atoms with Crippen LogP contribution in [-0.2, 0) is 11.8 Å². The monoisotopic (exact) mass is 324 g/mol. The van der Waals surface area contributed by atoms with Gasteiger partial charge in [-0.2, -0.15) is 18.3 Å². The molecule has 0 spiro atoms. The summed E-state index contributed by atoms with van der Waals surface area (Å²) in [5, 5.41) is 6.94. The van der Waals surface area contributed by atoms with Crippen molar-refractivity contribution in [1.82, 2.24) is 19.7 Å². The smallest absolute Gasteiger partial charge is 0.432 e. The average Bonchev–Trinajstić information content (AvgIpc) is 3.11. The zero-order valence-electron chi connectivity index (χ0n) is 11.8. The fourth-order valence-electron chi connectivity index (χ4n) is 2.21. The summed E-state index contributed by atoms with van der Waals surface area (Å²) in [6.07, 6.45) is -3.22. The molecule has 2 aromatic heterocycles. The van der Waals surface area contributed by atoms with Gasteiger partial charge in [0, 0.05) is 24.8 Å². The molecule has 9 heteroatoms. The lowest BCUT2D eigenvalue weighted by Crippen LogP contribution is -2.28. The van der Waals surface area contributed by atoms with Crippen molar-refractivity contribution in [2.45, 2.75) is 12.3 Å². The summed E-state index contributed by atoms with van der Waals surface area (Å²) in [7, 11) is 1.39. The molecule has 0 aliphatic carbocycles. The molecule has 6 nitrogen and oxygen atoms in total. The Morgan fingerprint density at radius 1 is 1.39 bits per heavy atom. The van der Waals surface area contributed by atoms with Gasteiger partial charge in [-0.1, -0.05) is 12.1 Å². The highest BCUT2D eigenvalue weighted by Gasteiger charge is 2.46. The molecule has 0 radical (unpaired) electrons. The first-order valence-electron chi connectivity index (χ1n) is 6.55. The summed E-state index contributed by atoms with van der Waals surface area (Å²) >= 11 is 0. The lowest BCUT2D eigenvalue weighted by Gasteiger charge is -2.20. The molecule has 0 fully saturated rings. The highest BCUT2D eigenvalue weighted by atomic mass is 19.4. The van der Waals surface area contributed by atoms with E-state index in [2.05, 4.69) is 15.2 Å². The Kier molecular flexibility index (Phi) is 3.55. The molecule has 120 valence electrons. The Morgan fingerprint density at radius 2 is 2.17 bits per heavy atom. The van der Waals surface area contributed by atoms with Crippen molar-refractivity contribution in [3.8, 4) is 0 Å². The molecule has 3 aromatic rings. The van der Waals surface area contributed by atoms with E-state index in [4.69, 9.17) is 4.74 Å². The Balaban J connectivity index is 1.96. The molecule has 1 aromatic carbocycles. The molecule has 0 saturated heterocycles. The number of ether oxygens (including phenoxy) is 1. The molecule has 0 aliphatic rings. The van der Waals surface area contributed by atoms with Gasteiger partial charge in [0.2, 0.25) is 0 Å². The lowest BCUT2D eigenvalue weighted by atomic mass is 10.1. The number of H-pyrrole nitrogens is 1. The highest BCUT2D eigenvalue weighted by molar-refractivity contribution is 6.02. The van der Waals surface area contributed by atoms with E-state index in [0.29, 0.717) is 10.9 Å². The summed E-state index contributed by atoms with van der Waals surface area (Å²) < 4.78 is 45.6. The topological polar surface area (TPSA) is 72.8 Å². The second-order valence-electron chi connectivity index (χ2n) is 4.86. The summed E-state index contributed by atoms with van der Waals surface area (Å²) in [4.78, 5) is 15.8. The van der Waals surface area contributed by atoms with Crippen molar-refractivity contribution in [2.24, 2.45) is 7.05 Å². The third-order valence-corrected chi connectivity index (χ3v) is 3.31. The second-order valence-corrected chi connectivity index (χ2v) is 4.86. The van der Waals surface area contributed by atoms with E-state index in [1.165, 1.54) is 37.8 Å². The fraction of sp³-hybridized carbons (Fsp3) is 0.214. The predicted molar refractivity (Wildman–Crippen MR) is 73.5 cm³/mol. The number of carbonyl (C=O) groups is 1. The van der Waals surface area contributed by atoms with E-state index < -0.39 is 24.1 Å². The normalized spacial score (nSPS) is 13.2. The van der Waals surface area contributed by atoms with Crippen LogP contribution in [0.15, 0.2) is 36.8 Å². The first-order chi connectivity index (χ1) is 10.9. The lowest BCUT2D eigenvalue weighted by molar-refractivity contribution is -0.210. The summed E-state index contributed by atoms with van der Waals surface area (Å²) in [6.45, 7) is 0. The Hall–Kier alpha value is -2.84. The van der Waals surface area contributed by atoms with Crippen molar-refractivity contribution < 1.29 is 22.7 Å². The molecular weight excluding hydrogens is 313 g/mol. The molecule has 0 aliphatic heterocycles. The summed E-state index contributed by atoms with van der Waals surface area (Å²) in [6, 6.07) is 4.59. The number of rotatable bonds is 3. The molecule has 1 unspecified atom stereocenters.